The Morgan fingerprint density at radius 2 is 2.14 bits per heavy atom. The highest BCUT2D eigenvalue weighted by atomic mass is 32.1. The molecule has 2 saturated carbocycles. The number of amides is 1. The molecule has 3 N–H and O–H groups in total. The first-order chi connectivity index (χ1) is 16.7. The molecule has 2 aromatic heterocycles. The number of aromatic nitrogens is 2. The molecule has 1 unspecified atom stereocenters. The largest absolute Gasteiger partial charge is 0.462 e. The number of halogens is 2. The van der Waals surface area contributed by atoms with Gasteiger partial charge in [0.1, 0.15) is 16.5 Å². The fourth-order valence-electron chi connectivity index (χ4n) is 4.90. The van der Waals surface area contributed by atoms with E-state index >= 15 is 0 Å². The van der Waals surface area contributed by atoms with Crippen LogP contribution < -0.4 is 16.0 Å². The number of alkyl halides is 2. The van der Waals surface area contributed by atoms with E-state index in [1.165, 1.54) is 22.1 Å². The van der Waals surface area contributed by atoms with Crippen LogP contribution >= 0.6 is 23.6 Å². The minimum Gasteiger partial charge on any atom is -0.462 e. The summed E-state index contributed by atoms with van der Waals surface area (Å²) < 4.78 is 32.5. The highest BCUT2D eigenvalue weighted by Gasteiger charge is 2.65. The van der Waals surface area contributed by atoms with Crippen LogP contribution in [0.5, 0.6) is 0 Å². The van der Waals surface area contributed by atoms with E-state index in [0.29, 0.717) is 22.8 Å². The van der Waals surface area contributed by atoms with Gasteiger partial charge >= 0.3 is 5.97 Å². The zero-order valence-electron chi connectivity index (χ0n) is 19.5. The summed E-state index contributed by atoms with van der Waals surface area (Å²) in [5.41, 5.74) is 1.20. The van der Waals surface area contributed by atoms with Gasteiger partial charge in [0.15, 0.2) is 5.11 Å². The summed E-state index contributed by atoms with van der Waals surface area (Å²) in [7, 11) is 1.56. The van der Waals surface area contributed by atoms with Crippen LogP contribution in [0.2, 0.25) is 0 Å². The van der Waals surface area contributed by atoms with Gasteiger partial charge < -0.3 is 20.7 Å². The maximum absolute atomic E-state index is 12.9. The molecular formula is C23H27F2N5O3S2. The number of rotatable bonds is 7. The Kier molecular flexibility index (Phi) is 6.28. The molecule has 5 rings (SSSR count). The van der Waals surface area contributed by atoms with Crippen LogP contribution in [0.15, 0.2) is 6.07 Å². The maximum Gasteiger partial charge on any atom is 0.341 e. The Morgan fingerprint density at radius 1 is 1.37 bits per heavy atom. The van der Waals surface area contributed by atoms with E-state index in [1.807, 2.05) is 0 Å². The number of nitrogens with one attached hydrogen (secondary N) is 3. The Morgan fingerprint density at radius 3 is 2.77 bits per heavy atom. The Hall–Kier alpha value is -2.60. The second-order valence-corrected chi connectivity index (χ2v) is 11.0. The van der Waals surface area contributed by atoms with Crippen LogP contribution in [0.3, 0.4) is 0 Å². The van der Waals surface area contributed by atoms with E-state index in [-0.39, 0.29) is 40.7 Å². The number of fused-ring (bicyclic) bond motifs is 1. The SMILES string of the molecule is CCOC(=O)c1c(NC(=O)C2CC23CC3)sc2c1C[C@@H](NC(=S)Nc1cc(C(F)F)nn1C)CC2. The number of aryl methyl sites for hydroxylation is 2. The molecule has 8 nitrogen and oxygen atoms in total. The summed E-state index contributed by atoms with van der Waals surface area (Å²) in [5.74, 6) is -0.0401. The van der Waals surface area contributed by atoms with Gasteiger partial charge in [0, 0.05) is 30.0 Å². The average molecular weight is 524 g/mol. The molecule has 0 saturated heterocycles. The molecule has 2 fully saturated rings. The fraction of sp³-hybridized carbons (Fsp3) is 0.565. The van der Waals surface area contributed by atoms with Crippen LogP contribution in [0.1, 0.15) is 65.5 Å². The van der Waals surface area contributed by atoms with Gasteiger partial charge in [-0.15, -0.1) is 11.3 Å². The van der Waals surface area contributed by atoms with Crippen LogP contribution in [0, 0.1) is 11.3 Å². The molecule has 1 spiro atoms. The molecule has 1 amide bonds. The normalized spacial score (nSPS) is 21.4. The Labute approximate surface area is 210 Å². The standard InChI is InChI=1S/C23H27F2N5O3S2/c1-3-33-21(32)17-12-8-11(26-22(34)27-16-9-14(18(24)25)29-30(16)2)4-5-15(12)35-20(17)28-19(31)13-10-23(13)6-7-23/h9,11,13,18H,3-8,10H2,1-2H3,(H,28,31)(H2,26,27,34)/t11-,13?/m0/s1. The molecule has 0 bridgehead atoms. The van der Waals surface area contributed by atoms with Crippen molar-refractivity contribution in [1.29, 1.82) is 0 Å². The number of carbonyl (C=O) groups is 2. The van der Waals surface area contributed by atoms with Crippen molar-refractivity contribution in [2.24, 2.45) is 18.4 Å². The van der Waals surface area contributed by atoms with Crippen LogP contribution in [0.4, 0.5) is 19.6 Å². The summed E-state index contributed by atoms with van der Waals surface area (Å²) in [5, 5.41) is 13.8. The lowest BCUT2D eigenvalue weighted by atomic mass is 9.91. The van der Waals surface area contributed by atoms with E-state index in [4.69, 9.17) is 17.0 Å². The van der Waals surface area contributed by atoms with Gasteiger partial charge in [-0.25, -0.2) is 13.6 Å². The minimum atomic E-state index is -2.67. The van der Waals surface area contributed by atoms with E-state index in [1.54, 1.807) is 14.0 Å². The van der Waals surface area contributed by atoms with Gasteiger partial charge in [-0.1, -0.05) is 0 Å². The lowest BCUT2D eigenvalue weighted by Crippen LogP contribution is -2.41. The summed E-state index contributed by atoms with van der Waals surface area (Å²) in [6, 6.07) is 1.19. The molecule has 0 aliphatic heterocycles. The van der Waals surface area contributed by atoms with Gasteiger partial charge in [-0.2, -0.15) is 5.10 Å². The number of thiocarbonyl (C=S) groups is 1. The highest BCUT2D eigenvalue weighted by molar-refractivity contribution is 7.80. The van der Waals surface area contributed by atoms with Crippen molar-refractivity contribution >= 4 is 51.4 Å². The first-order valence-electron chi connectivity index (χ1n) is 11.7. The smallest absolute Gasteiger partial charge is 0.341 e. The van der Waals surface area contributed by atoms with Crippen LogP contribution in [0.25, 0.3) is 0 Å². The molecule has 3 aliphatic rings. The number of esters is 1. The minimum absolute atomic E-state index is 0.00829. The average Bonchev–Trinajstić information content (AvgIpc) is 3.66. The number of carbonyl (C=O) groups excluding carboxylic acids is 2. The van der Waals surface area contributed by atoms with Gasteiger partial charge in [0.05, 0.1) is 12.2 Å². The van der Waals surface area contributed by atoms with Crippen molar-refractivity contribution in [3.8, 4) is 0 Å². The third-order valence-corrected chi connectivity index (χ3v) is 8.50. The van der Waals surface area contributed by atoms with Crippen molar-refractivity contribution in [2.45, 2.75) is 57.9 Å². The first kappa shape index (κ1) is 24.1. The third kappa shape index (κ3) is 4.77. The third-order valence-electron chi connectivity index (χ3n) is 7.07. The summed E-state index contributed by atoms with van der Waals surface area (Å²) in [6.07, 6.45) is 2.50. The topological polar surface area (TPSA) is 97.3 Å². The Bertz CT molecular complexity index is 1190. The van der Waals surface area contributed by atoms with Crippen molar-refractivity contribution in [2.75, 3.05) is 17.2 Å². The zero-order chi connectivity index (χ0) is 24.9. The number of nitrogens with zero attached hydrogens (tertiary/aromatic N) is 2. The molecule has 35 heavy (non-hydrogen) atoms. The van der Waals surface area contributed by atoms with E-state index in [9.17, 15) is 18.4 Å². The van der Waals surface area contributed by atoms with E-state index in [2.05, 4.69) is 21.0 Å². The number of hydrogen-bond acceptors (Lipinski definition) is 6. The number of ether oxygens (including phenoxy) is 1. The lowest BCUT2D eigenvalue weighted by Gasteiger charge is -2.25. The number of thiophene rings is 1. The van der Waals surface area contributed by atoms with Crippen LogP contribution in [-0.2, 0) is 29.4 Å². The molecule has 3 aliphatic carbocycles. The van der Waals surface area contributed by atoms with Crippen LogP contribution in [-0.4, -0.2) is 39.4 Å². The molecule has 0 aromatic carbocycles. The molecular weight excluding hydrogens is 496 g/mol. The molecule has 12 heteroatoms. The van der Waals surface area contributed by atoms with Gasteiger partial charge in [0.2, 0.25) is 5.91 Å². The molecule has 188 valence electrons. The quantitative estimate of drug-likeness (QED) is 0.370. The van der Waals surface area contributed by atoms with Crippen molar-refractivity contribution in [3.05, 3.63) is 27.8 Å². The summed E-state index contributed by atoms with van der Waals surface area (Å²) in [4.78, 5) is 26.7. The second-order valence-electron chi connectivity index (χ2n) is 9.45. The Balaban J connectivity index is 1.29. The monoisotopic (exact) mass is 523 g/mol. The van der Waals surface area contributed by atoms with E-state index in [0.717, 1.165) is 42.5 Å². The number of hydrogen-bond donors (Lipinski definition) is 3. The molecule has 0 radical (unpaired) electrons. The van der Waals surface area contributed by atoms with Crippen molar-refractivity contribution < 1.29 is 23.1 Å². The highest BCUT2D eigenvalue weighted by Crippen LogP contribution is 2.70. The zero-order valence-corrected chi connectivity index (χ0v) is 21.1. The molecule has 2 atom stereocenters. The van der Waals surface area contributed by atoms with Crippen molar-refractivity contribution in [1.82, 2.24) is 15.1 Å². The van der Waals surface area contributed by atoms with Gasteiger partial charge in [-0.05, 0) is 68.6 Å². The predicted octanol–water partition coefficient (Wildman–Crippen LogP) is 4.18. The van der Waals surface area contributed by atoms with Gasteiger partial charge in [-0.3, -0.25) is 9.48 Å². The first-order valence-corrected chi connectivity index (χ1v) is 13.0. The fourth-order valence-corrected chi connectivity index (χ4v) is 6.40. The molecule has 2 heterocycles. The lowest BCUT2D eigenvalue weighted by molar-refractivity contribution is -0.117. The maximum atomic E-state index is 12.9. The second kappa shape index (κ2) is 9.12. The molecule has 2 aromatic rings. The van der Waals surface area contributed by atoms with E-state index < -0.39 is 12.4 Å². The van der Waals surface area contributed by atoms with Gasteiger partial charge in [0.25, 0.3) is 6.43 Å². The predicted molar refractivity (Wildman–Crippen MR) is 132 cm³/mol. The number of anilines is 2. The van der Waals surface area contributed by atoms with Crippen molar-refractivity contribution in [3.63, 3.8) is 0 Å². The summed E-state index contributed by atoms with van der Waals surface area (Å²) in [6.45, 7) is 1.99. The summed E-state index contributed by atoms with van der Waals surface area (Å²) >= 11 is 6.85.